The van der Waals surface area contributed by atoms with Crippen molar-refractivity contribution in [1.29, 1.82) is 0 Å². The average molecular weight is 430 g/mol. The van der Waals surface area contributed by atoms with Crippen molar-refractivity contribution in [3.05, 3.63) is 38.9 Å². The lowest BCUT2D eigenvalue weighted by atomic mass is 10.3. The van der Waals surface area contributed by atoms with Crippen molar-refractivity contribution in [2.45, 2.75) is 58.1 Å². The van der Waals surface area contributed by atoms with Crippen LogP contribution in [0.3, 0.4) is 0 Å². The summed E-state index contributed by atoms with van der Waals surface area (Å²) in [4.78, 5) is 25.1. The summed E-state index contributed by atoms with van der Waals surface area (Å²) in [6, 6.07) is -0.874. The maximum Gasteiger partial charge on any atom is 0.333 e. The zero-order valence-corrected chi connectivity index (χ0v) is 17.2. The number of aromatic nitrogens is 6. The molecule has 3 aromatic heterocycles. The van der Waals surface area contributed by atoms with Crippen LogP contribution in [-0.2, 0) is 10.0 Å². The molecule has 29 heavy (non-hydrogen) atoms. The molecule has 0 unspecified atom stereocenters. The molecule has 0 fully saturated rings. The Morgan fingerprint density at radius 3 is 2.10 bits per heavy atom. The Bertz CT molecular complexity index is 1310. The molecule has 0 amide bonds. The van der Waals surface area contributed by atoms with Gasteiger partial charge in [-0.3, -0.25) is 13.9 Å². The Hall–Kier alpha value is -2.83. The van der Waals surface area contributed by atoms with Crippen LogP contribution >= 0.6 is 0 Å². The lowest BCUT2D eigenvalue weighted by Gasteiger charge is -2.15. The first kappa shape index (κ1) is 20.9. The number of hydrogen-bond donors (Lipinski definition) is 0. The second-order valence-electron chi connectivity index (χ2n) is 7.08. The summed E-state index contributed by atoms with van der Waals surface area (Å²) in [6.07, 6.45) is 1.79. The highest BCUT2D eigenvalue weighted by atomic mass is 32.2. The summed E-state index contributed by atoms with van der Waals surface area (Å²) in [5.41, 5.74) is -1.68. The highest BCUT2D eigenvalue weighted by Crippen LogP contribution is 2.23. The van der Waals surface area contributed by atoms with Crippen LogP contribution < -0.4 is 11.2 Å². The van der Waals surface area contributed by atoms with E-state index in [0.29, 0.717) is 4.09 Å². The second-order valence-corrected chi connectivity index (χ2v) is 8.84. The fourth-order valence-corrected chi connectivity index (χ4v) is 4.38. The Labute approximate surface area is 164 Å². The van der Waals surface area contributed by atoms with Crippen LogP contribution in [-0.4, -0.2) is 36.5 Å². The van der Waals surface area contributed by atoms with E-state index in [-0.39, 0.29) is 21.4 Å². The van der Waals surface area contributed by atoms with Crippen molar-refractivity contribution in [2.24, 2.45) is 0 Å². The third-order valence-electron chi connectivity index (χ3n) is 4.50. The Morgan fingerprint density at radius 2 is 1.62 bits per heavy atom. The molecule has 0 bridgehead atoms. The largest absolute Gasteiger partial charge is 0.333 e. The van der Waals surface area contributed by atoms with Gasteiger partial charge in [0.2, 0.25) is 0 Å². The number of fused-ring (bicyclic) bond motifs is 1. The highest BCUT2D eigenvalue weighted by Gasteiger charge is 2.28. The predicted molar refractivity (Wildman–Crippen MR) is 99.8 cm³/mol. The molecule has 0 radical (unpaired) electrons. The van der Waals surface area contributed by atoms with Crippen molar-refractivity contribution in [3.8, 4) is 0 Å². The Morgan fingerprint density at radius 1 is 1.03 bits per heavy atom. The van der Waals surface area contributed by atoms with Gasteiger partial charge in [0.05, 0.1) is 18.1 Å². The fraction of sp³-hybridized carbons (Fsp3) is 0.500. The minimum absolute atomic E-state index is 0.0746. The summed E-state index contributed by atoms with van der Waals surface area (Å²) in [7, 11) is -4.42. The molecule has 3 aromatic rings. The molecule has 0 aromatic carbocycles. The summed E-state index contributed by atoms with van der Waals surface area (Å²) in [6.45, 7) is 4.87. The third-order valence-corrected chi connectivity index (χ3v) is 6.14. The standard InChI is InChI=1S/C16H20F2N6O4S/c1-8(2)22-13-11(14(25)23(9(3)4)16(22)26)7-21(20-13)29(27,28)12-6-19-24(10(12)5)15(17)18/h6-9,15H,1-5H3. The number of hydrogen-bond acceptors (Lipinski definition) is 6. The van der Waals surface area contributed by atoms with E-state index in [4.69, 9.17) is 0 Å². The molecule has 0 aliphatic carbocycles. The first-order valence-electron chi connectivity index (χ1n) is 8.73. The van der Waals surface area contributed by atoms with E-state index in [1.807, 2.05) is 0 Å². The maximum atomic E-state index is 13.0. The molecule has 158 valence electrons. The van der Waals surface area contributed by atoms with Gasteiger partial charge in [0.15, 0.2) is 5.65 Å². The van der Waals surface area contributed by atoms with Crippen LogP contribution in [0.15, 0.2) is 26.9 Å². The molecule has 0 saturated carbocycles. The molecule has 0 aliphatic heterocycles. The molecule has 0 N–H and O–H groups in total. The van der Waals surface area contributed by atoms with Crippen molar-refractivity contribution in [3.63, 3.8) is 0 Å². The first-order chi connectivity index (χ1) is 13.4. The van der Waals surface area contributed by atoms with Crippen molar-refractivity contribution >= 4 is 21.1 Å². The van der Waals surface area contributed by atoms with E-state index in [1.165, 1.54) is 11.5 Å². The van der Waals surface area contributed by atoms with Crippen LogP contribution in [0.25, 0.3) is 11.0 Å². The van der Waals surface area contributed by atoms with E-state index in [0.717, 1.165) is 17.0 Å². The average Bonchev–Trinajstić information content (AvgIpc) is 3.19. The fourth-order valence-electron chi connectivity index (χ4n) is 3.10. The number of alkyl halides is 2. The quantitative estimate of drug-likeness (QED) is 0.608. The molecular formula is C16H20F2N6O4S. The van der Waals surface area contributed by atoms with Gasteiger partial charge in [-0.15, -0.1) is 5.10 Å². The molecule has 0 aliphatic rings. The van der Waals surface area contributed by atoms with Gasteiger partial charge in [-0.05, 0) is 34.6 Å². The summed E-state index contributed by atoms with van der Waals surface area (Å²) < 4.78 is 54.9. The monoisotopic (exact) mass is 430 g/mol. The normalized spacial score (nSPS) is 12.8. The molecule has 3 heterocycles. The second kappa shape index (κ2) is 6.90. The molecule has 3 rings (SSSR count). The van der Waals surface area contributed by atoms with Crippen LogP contribution in [0.5, 0.6) is 0 Å². The van der Waals surface area contributed by atoms with E-state index >= 15 is 0 Å². The summed E-state index contributed by atoms with van der Waals surface area (Å²) in [5, 5.41) is 7.28. The van der Waals surface area contributed by atoms with Gasteiger partial charge >= 0.3 is 12.2 Å². The molecule has 0 saturated heterocycles. The van der Waals surface area contributed by atoms with Crippen molar-refractivity contribution < 1.29 is 17.2 Å². The summed E-state index contributed by atoms with van der Waals surface area (Å²) >= 11 is 0. The van der Waals surface area contributed by atoms with E-state index in [1.54, 1.807) is 27.7 Å². The lowest BCUT2D eigenvalue weighted by molar-refractivity contribution is 0.0541. The molecule has 10 nitrogen and oxygen atoms in total. The highest BCUT2D eigenvalue weighted by molar-refractivity contribution is 7.89. The predicted octanol–water partition coefficient (Wildman–Crippen LogP) is 1.66. The van der Waals surface area contributed by atoms with Gasteiger partial charge in [0.1, 0.15) is 10.3 Å². The van der Waals surface area contributed by atoms with Crippen molar-refractivity contribution in [1.82, 2.24) is 28.1 Å². The van der Waals surface area contributed by atoms with E-state index < -0.39 is 44.8 Å². The van der Waals surface area contributed by atoms with E-state index in [9.17, 15) is 26.8 Å². The zero-order valence-electron chi connectivity index (χ0n) is 16.4. The van der Waals surface area contributed by atoms with Crippen LogP contribution in [0.1, 0.15) is 52.0 Å². The van der Waals surface area contributed by atoms with Gasteiger partial charge in [0.25, 0.3) is 15.6 Å². The number of rotatable bonds is 5. The molecule has 13 heteroatoms. The smallest absolute Gasteiger partial charge is 0.273 e. The topological polar surface area (TPSA) is 114 Å². The molecule has 0 spiro atoms. The summed E-state index contributed by atoms with van der Waals surface area (Å²) in [5.74, 6) is 0. The molecular weight excluding hydrogens is 410 g/mol. The minimum Gasteiger partial charge on any atom is -0.273 e. The lowest BCUT2D eigenvalue weighted by Crippen LogP contribution is -2.41. The Balaban J connectivity index is 2.36. The van der Waals surface area contributed by atoms with Gasteiger partial charge in [0, 0.05) is 12.1 Å². The van der Waals surface area contributed by atoms with Gasteiger partial charge in [-0.25, -0.2) is 9.48 Å². The zero-order chi connectivity index (χ0) is 21.8. The van der Waals surface area contributed by atoms with Crippen LogP contribution in [0.2, 0.25) is 0 Å². The van der Waals surface area contributed by atoms with E-state index in [2.05, 4.69) is 10.2 Å². The Kier molecular flexibility index (Phi) is 4.97. The number of nitrogens with zero attached hydrogens (tertiary/aromatic N) is 6. The van der Waals surface area contributed by atoms with Gasteiger partial charge in [-0.1, -0.05) is 0 Å². The van der Waals surface area contributed by atoms with Crippen LogP contribution in [0, 0.1) is 6.92 Å². The third kappa shape index (κ3) is 3.09. The van der Waals surface area contributed by atoms with Crippen LogP contribution in [0.4, 0.5) is 8.78 Å². The first-order valence-corrected chi connectivity index (χ1v) is 10.2. The minimum atomic E-state index is -4.42. The maximum absolute atomic E-state index is 13.0. The SMILES string of the molecule is Cc1c(S(=O)(=O)n2cc3c(=O)n(C(C)C)c(=O)n(C(C)C)c3n2)cnn1C(F)F. The van der Waals surface area contributed by atoms with Crippen molar-refractivity contribution in [2.75, 3.05) is 0 Å². The molecule has 0 atom stereocenters. The van der Waals surface area contributed by atoms with Gasteiger partial charge in [-0.2, -0.15) is 26.4 Å². The van der Waals surface area contributed by atoms with Gasteiger partial charge < -0.3 is 0 Å². The number of halogens is 2.